The van der Waals surface area contributed by atoms with Crippen molar-refractivity contribution < 1.29 is 23.1 Å². The summed E-state index contributed by atoms with van der Waals surface area (Å²) in [5, 5.41) is 7.84. The highest BCUT2D eigenvalue weighted by atomic mass is 35.5. The Labute approximate surface area is 81.1 Å². The summed E-state index contributed by atoms with van der Waals surface area (Å²) in [6, 6.07) is 0. The molecule has 0 saturated heterocycles. The number of carboxylic acid groups (broad SMARTS) is 1. The van der Waals surface area contributed by atoms with Gasteiger partial charge in [-0.25, -0.2) is 22.9 Å². The van der Waals surface area contributed by atoms with Crippen molar-refractivity contribution in [1.82, 2.24) is 4.98 Å². The lowest BCUT2D eigenvalue weighted by atomic mass is 10.1. The van der Waals surface area contributed by atoms with E-state index in [0.717, 1.165) is 0 Å². The third-order valence-electron chi connectivity index (χ3n) is 1.46. The van der Waals surface area contributed by atoms with Crippen LogP contribution in [0.3, 0.4) is 0 Å². The third kappa shape index (κ3) is 1.79. The van der Waals surface area contributed by atoms with Crippen molar-refractivity contribution in [3.8, 4) is 0 Å². The number of carbonyl (C=O) groups is 1. The van der Waals surface area contributed by atoms with Crippen molar-refractivity contribution in [2.75, 3.05) is 0 Å². The molecule has 0 fully saturated rings. The molecule has 14 heavy (non-hydrogen) atoms. The molecule has 0 spiro atoms. The molecule has 0 saturated carbocycles. The molecule has 0 unspecified atom stereocenters. The van der Waals surface area contributed by atoms with Gasteiger partial charge in [0.15, 0.2) is 5.82 Å². The van der Waals surface area contributed by atoms with Crippen molar-refractivity contribution in [2.24, 2.45) is 0 Å². The van der Waals surface area contributed by atoms with Gasteiger partial charge in [0.2, 0.25) is 0 Å². The maximum atomic E-state index is 12.8. The fourth-order valence-electron chi connectivity index (χ4n) is 0.895. The number of halogens is 4. The van der Waals surface area contributed by atoms with E-state index in [1.54, 1.807) is 0 Å². The summed E-state index contributed by atoms with van der Waals surface area (Å²) >= 11 is 5.25. The van der Waals surface area contributed by atoms with Crippen molar-refractivity contribution in [2.45, 2.75) is 6.43 Å². The first kappa shape index (κ1) is 10.8. The van der Waals surface area contributed by atoms with E-state index in [2.05, 4.69) is 4.98 Å². The fraction of sp³-hybridized carbons (Fsp3) is 0.143. The highest BCUT2D eigenvalue weighted by molar-refractivity contribution is 6.32. The predicted molar refractivity (Wildman–Crippen MR) is 41.1 cm³/mol. The van der Waals surface area contributed by atoms with E-state index in [9.17, 15) is 18.0 Å². The van der Waals surface area contributed by atoms with E-state index in [4.69, 9.17) is 16.7 Å². The van der Waals surface area contributed by atoms with Gasteiger partial charge in [0.05, 0.1) is 11.8 Å². The summed E-state index contributed by atoms with van der Waals surface area (Å²) in [5.41, 5.74) is -2.24. The molecule has 1 rings (SSSR count). The summed E-state index contributed by atoms with van der Waals surface area (Å²) in [7, 11) is 0. The molecule has 1 heterocycles. The monoisotopic (exact) mass is 225 g/mol. The van der Waals surface area contributed by atoms with E-state index in [1.165, 1.54) is 0 Å². The molecule has 1 aromatic rings. The average Bonchev–Trinajstić information content (AvgIpc) is 2.07. The van der Waals surface area contributed by atoms with Crippen LogP contribution in [0.2, 0.25) is 5.15 Å². The number of rotatable bonds is 2. The minimum Gasteiger partial charge on any atom is -0.478 e. The van der Waals surface area contributed by atoms with Gasteiger partial charge in [-0.15, -0.1) is 0 Å². The molecule has 7 heteroatoms. The van der Waals surface area contributed by atoms with Crippen LogP contribution in [0.15, 0.2) is 6.20 Å². The third-order valence-corrected chi connectivity index (χ3v) is 1.74. The van der Waals surface area contributed by atoms with Crippen LogP contribution in [0, 0.1) is 5.82 Å². The topological polar surface area (TPSA) is 50.2 Å². The molecule has 0 bridgehead atoms. The second-order valence-electron chi connectivity index (χ2n) is 2.29. The van der Waals surface area contributed by atoms with Gasteiger partial charge in [0.1, 0.15) is 10.7 Å². The van der Waals surface area contributed by atoms with E-state index in [-0.39, 0.29) is 0 Å². The maximum Gasteiger partial charge on any atom is 0.339 e. The Hall–Kier alpha value is -1.30. The zero-order chi connectivity index (χ0) is 10.9. The van der Waals surface area contributed by atoms with Crippen molar-refractivity contribution in [3.63, 3.8) is 0 Å². The quantitative estimate of drug-likeness (QED) is 0.787. The van der Waals surface area contributed by atoms with E-state index >= 15 is 0 Å². The minimum atomic E-state index is -3.25. The predicted octanol–water partition coefficient (Wildman–Crippen LogP) is 2.51. The first-order valence-electron chi connectivity index (χ1n) is 3.30. The highest BCUT2D eigenvalue weighted by Crippen LogP contribution is 2.29. The Balaban J connectivity index is 3.50. The van der Waals surface area contributed by atoms with Crippen LogP contribution in [0.25, 0.3) is 0 Å². The van der Waals surface area contributed by atoms with Gasteiger partial charge < -0.3 is 5.11 Å². The number of alkyl halides is 2. The Morgan fingerprint density at radius 3 is 2.50 bits per heavy atom. The molecular formula is C7H3ClF3NO2. The van der Waals surface area contributed by atoms with Crippen molar-refractivity contribution in [1.29, 1.82) is 0 Å². The molecule has 0 aliphatic rings. The lowest BCUT2D eigenvalue weighted by Gasteiger charge is -2.06. The molecule has 0 amide bonds. The molecule has 0 aliphatic heterocycles. The van der Waals surface area contributed by atoms with E-state index < -0.39 is 34.5 Å². The zero-order valence-corrected chi connectivity index (χ0v) is 7.23. The van der Waals surface area contributed by atoms with Gasteiger partial charge in [-0.1, -0.05) is 11.6 Å². The van der Waals surface area contributed by atoms with Crippen LogP contribution in [0.1, 0.15) is 22.3 Å². The van der Waals surface area contributed by atoms with Crippen LogP contribution in [-0.4, -0.2) is 16.1 Å². The Bertz CT molecular complexity index is 383. The number of aromatic carboxylic acids is 1. The Morgan fingerprint density at radius 1 is 1.57 bits per heavy atom. The number of pyridine rings is 1. The highest BCUT2D eigenvalue weighted by Gasteiger charge is 2.26. The maximum absolute atomic E-state index is 12.8. The van der Waals surface area contributed by atoms with Crippen LogP contribution in [0.5, 0.6) is 0 Å². The molecule has 0 radical (unpaired) electrons. The van der Waals surface area contributed by atoms with Gasteiger partial charge in [0, 0.05) is 0 Å². The minimum absolute atomic E-state index is 0.455. The number of nitrogens with zero attached hydrogens (tertiary/aromatic N) is 1. The van der Waals surface area contributed by atoms with Crippen LogP contribution < -0.4 is 0 Å². The summed E-state index contributed by atoms with van der Waals surface area (Å²) < 4.78 is 37.3. The van der Waals surface area contributed by atoms with Gasteiger partial charge in [0.25, 0.3) is 6.43 Å². The summed E-state index contributed by atoms with van der Waals surface area (Å²) in [6.07, 6.45) is -2.79. The summed E-state index contributed by atoms with van der Waals surface area (Å²) in [6.45, 7) is 0. The van der Waals surface area contributed by atoms with Gasteiger partial charge in [-0.05, 0) is 0 Å². The molecule has 0 aromatic carbocycles. The Kier molecular flexibility index (Phi) is 2.95. The van der Waals surface area contributed by atoms with Crippen LogP contribution >= 0.6 is 11.6 Å². The SMILES string of the molecule is O=C(O)c1c(Cl)ncc(F)c1C(F)F. The van der Waals surface area contributed by atoms with E-state index in [1.807, 2.05) is 0 Å². The summed E-state index contributed by atoms with van der Waals surface area (Å²) in [5.74, 6) is -3.13. The number of hydrogen-bond donors (Lipinski definition) is 1. The number of carboxylic acids is 1. The molecule has 0 atom stereocenters. The van der Waals surface area contributed by atoms with Gasteiger partial charge in [-0.2, -0.15) is 0 Å². The molecule has 76 valence electrons. The average molecular weight is 226 g/mol. The molecule has 1 N–H and O–H groups in total. The van der Waals surface area contributed by atoms with Gasteiger partial charge >= 0.3 is 5.97 Å². The fourth-order valence-corrected chi connectivity index (χ4v) is 1.13. The smallest absolute Gasteiger partial charge is 0.339 e. The van der Waals surface area contributed by atoms with Crippen LogP contribution in [-0.2, 0) is 0 Å². The molecule has 3 nitrogen and oxygen atoms in total. The van der Waals surface area contributed by atoms with Gasteiger partial charge in [-0.3, -0.25) is 0 Å². The first-order valence-corrected chi connectivity index (χ1v) is 3.68. The Morgan fingerprint density at radius 2 is 2.14 bits per heavy atom. The second-order valence-corrected chi connectivity index (χ2v) is 2.65. The lowest BCUT2D eigenvalue weighted by molar-refractivity contribution is 0.0681. The number of aromatic nitrogens is 1. The standard InChI is InChI=1S/C7H3ClF3NO2/c8-5-4(7(13)14)3(6(10)11)2(9)1-12-5/h1,6H,(H,13,14). The molecule has 0 aliphatic carbocycles. The normalized spacial score (nSPS) is 10.6. The largest absolute Gasteiger partial charge is 0.478 e. The van der Waals surface area contributed by atoms with E-state index in [0.29, 0.717) is 6.20 Å². The lowest BCUT2D eigenvalue weighted by Crippen LogP contribution is -2.08. The second kappa shape index (κ2) is 3.83. The number of hydrogen-bond acceptors (Lipinski definition) is 2. The zero-order valence-electron chi connectivity index (χ0n) is 6.47. The molecule has 1 aromatic heterocycles. The van der Waals surface area contributed by atoms with Crippen molar-refractivity contribution in [3.05, 3.63) is 28.3 Å². The van der Waals surface area contributed by atoms with Crippen LogP contribution in [0.4, 0.5) is 13.2 Å². The first-order chi connectivity index (χ1) is 6.45. The van der Waals surface area contributed by atoms with Crippen molar-refractivity contribution >= 4 is 17.6 Å². The molecular weight excluding hydrogens is 223 g/mol. The summed E-state index contributed by atoms with van der Waals surface area (Å²) in [4.78, 5) is 13.6.